The molecule has 0 atom stereocenters. The summed E-state index contributed by atoms with van der Waals surface area (Å²) in [7, 11) is 0. The first-order valence-corrected chi connectivity index (χ1v) is 9.03. The average Bonchev–Trinajstić information content (AvgIpc) is 3.13. The van der Waals surface area contributed by atoms with E-state index in [0.29, 0.717) is 9.53 Å². The third kappa shape index (κ3) is 3.85. The van der Waals surface area contributed by atoms with Gasteiger partial charge in [-0.15, -0.1) is 0 Å². The van der Waals surface area contributed by atoms with E-state index in [1.807, 2.05) is 22.6 Å². The van der Waals surface area contributed by atoms with Crippen LogP contribution in [0.5, 0.6) is 0 Å². The molecule has 0 saturated carbocycles. The van der Waals surface area contributed by atoms with Gasteiger partial charge in [0.2, 0.25) is 0 Å². The SMILES string of the molecule is O=C(CN1C(=O)S/C(=C\c2ccc(I)o2)C1=O)c1ccc([N+](=O)[O-])cc1. The highest BCUT2D eigenvalue weighted by Gasteiger charge is 2.36. The number of nitro groups is 1. The predicted octanol–water partition coefficient (Wildman–Crippen LogP) is 3.71. The van der Waals surface area contributed by atoms with Crippen LogP contribution in [0.2, 0.25) is 0 Å². The van der Waals surface area contributed by atoms with Gasteiger partial charge in [0.15, 0.2) is 9.55 Å². The molecule has 8 nitrogen and oxygen atoms in total. The summed E-state index contributed by atoms with van der Waals surface area (Å²) in [6.07, 6.45) is 1.45. The van der Waals surface area contributed by atoms with Crippen LogP contribution in [-0.2, 0) is 4.79 Å². The van der Waals surface area contributed by atoms with Crippen LogP contribution >= 0.6 is 34.4 Å². The van der Waals surface area contributed by atoms with Gasteiger partial charge in [0, 0.05) is 23.8 Å². The topological polar surface area (TPSA) is 111 Å². The number of Topliss-reactive ketones (excluding diaryl/α,β-unsaturated/α-hetero) is 1. The lowest BCUT2D eigenvalue weighted by Crippen LogP contribution is -2.33. The maximum absolute atomic E-state index is 12.4. The Kier molecular flexibility index (Phi) is 5.23. The molecule has 1 aliphatic rings. The number of nitrogens with zero attached hydrogens (tertiary/aromatic N) is 2. The molecular formula is C16H9IN2O6S. The zero-order chi connectivity index (χ0) is 18.8. The molecule has 0 N–H and O–H groups in total. The van der Waals surface area contributed by atoms with E-state index in [0.717, 1.165) is 16.7 Å². The second-order valence-corrected chi connectivity index (χ2v) is 7.19. The molecule has 1 saturated heterocycles. The van der Waals surface area contributed by atoms with Crippen molar-refractivity contribution < 1.29 is 23.7 Å². The Labute approximate surface area is 164 Å². The molecule has 1 fully saturated rings. The molecule has 2 heterocycles. The van der Waals surface area contributed by atoms with E-state index in [-0.39, 0.29) is 16.2 Å². The van der Waals surface area contributed by atoms with Gasteiger partial charge in [-0.05, 0) is 58.6 Å². The number of carbonyl (C=O) groups is 3. The van der Waals surface area contributed by atoms with Crippen molar-refractivity contribution in [3.8, 4) is 0 Å². The molecule has 0 aliphatic carbocycles. The molecule has 0 bridgehead atoms. The summed E-state index contributed by atoms with van der Waals surface area (Å²) < 4.78 is 5.98. The monoisotopic (exact) mass is 484 g/mol. The van der Waals surface area contributed by atoms with Gasteiger partial charge in [0.05, 0.1) is 16.4 Å². The number of nitro benzene ring substituents is 1. The molecular weight excluding hydrogens is 475 g/mol. The average molecular weight is 484 g/mol. The van der Waals surface area contributed by atoms with Gasteiger partial charge >= 0.3 is 0 Å². The maximum Gasteiger partial charge on any atom is 0.293 e. The first-order chi connectivity index (χ1) is 12.3. The Bertz CT molecular complexity index is 950. The number of thioether (sulfide) groups is 1. The Hall–Kier alpha value is -2.47. The summed E-state index contributed by atoms with van der Waals surface area (Å²) in [4.78, 5) is 47.8. The number of ketones is 1. The lowest BCUT2D eigenvalue weighted by atomic mass is 10.1. The van der Waals surface area contributed by atoms with Gasteiger partial charge in [-0.2, -0.15) is 0 Å². The third-order valence-corrected chi connectivity index (χ3v) is 4.93. The van der Waals surface area contributed by atoms with E-state index in [2.05, 4.69) is 0 Å². The second-order valence-electron chi connectivity index (χ2n) is 5.14. The highest BCUT2D eigenvalue weighted by molar-refractivity contribution is 14.1. The van der Waals surface area contributed by atoms with Crippen LogP contribution in [0.25, 0.3) is 6.08 Å². The molecule has 2 amide bonds. The number of hydrogen-bond donors (Lipinski definition) is 0. The largest absolute Gasteiger partial charge is 0.451 e. The standard InChI is InChI=1S/C16H9IN2O6S/c17-14-6-5-11(25-14)7-13-15(21)18(16(22)26-13)8-12(20)9-1-3-10(4-2-9)19(23)24/h1-7H,8H2/b13-7-. The molecule has 1 aromatic heterocycles. The van der Waals surface area contributed by atoms with E-state index in [4.69, 9.17) is 4.42 Å². The van der Waals surface area contributed by atoms with Crippen molar-refractivity contribution in [2.45, 2.75) is 0 Å². The summed E-state index contributed by atoms with van der Waals surface area (Å²) in [6.45, 7) is -0.435. The van der Waals surface area contributed by atoms with E-state index in [1.165, 1.54) is 30.3 Å². The summed E-state index contributed by atoms with van der Waals surface area (Å²) in [5.74, 6) is -0.640. The number of non-ortho nitro benzene ring substituents is 1. The highest BCUT2D eigenvalue weighted by Crippen LogP contribution is 2.32. The number of carbonyl (C=O) groups excluding carboxylic acids is 3. The van der Waals surface area contributed by atoms with Crippen molar-refractivity contribution in [1.29, 1.82) is 0 Å². The van der Waals surface area contributed by atoms with Crippen LogP contribution in [0.1, 0.15) is 16.1 Å². The number of rotatable bonds is 5. The number of amides is 2. The molecule has 3 rings (SSSR count). The van der Waals surface area contributed by atoms with Crippen LogP contribution in [0, 0.1) is 13.9 Å². The number of imide groups is 1. The summed E-state index contributed by atoms with van der Waals surface area (Å²) >= 11 is 2.70. The van der Waals surface area contributed by atoms with Crippen molar-refractivity contribution in [2.24, 2.45) is 0 Å². The van der Waals surface area contributed by atoms with Crippen LogP contribution < -0.4 is 0 Å². The quantitative estimate of drug-likeness (QED) is 0.209. The molecule has 0 spiro atoms. The van der Waals surface area contributed by atoms with Crippen LogP contribution in [0.4, 0.5) is 10.5 Å². The summed E-state index contributed by atoms with van der Waals surface area (Å²) in [6, 6.07) is 8.35. The van der Waals surface area contributed by atoms with Crippen LogP contribution in [0.3, 0.4) is 0 Å². The minimum atomic E-state index is -0.582. The van der Waals surface area contributed by atoms with Crippen LogP contribution in [0.15, 0.2) is 45.7 Å². The van der Waals surface area contributed by atoms with Crippen molar-refractivity contribution in [3.05, 3.63) is 66.5 Å². The van der Waals surface area contributed by atoms with E-state index in [1.54, 1.807) is 12.1 Å². The van der Waals surface area contributed by atoms with Gasteiger partial charge in [-0.3, -0.25) is 29.4 Å². The molecule has 26 heavy (non-hydrogen) atoms. The lowest BCUT2D eigenvalue weighted by Gasteiger charge is -2.11. The molecule has 1 aliphatic heterocycles. The van der Waals surface area contributed by atoms with Crippen molar-refractivity contribution in [3.63, 3.8) is 0 Å². The van der Waals surface area contributed by atoms with Gasteiger partial charge < -0.3 is 4.42 Å². The predicted molar refractivity (Wildman–Crippen MR) is 102 cm³/mol. The van der Waals surface area contributed by atoms with Crippen molar-refractivity contribution in [2.75, 3.05) is 6.54 Å². The van der Waals surface area contributed by atoms with Gasteiger partial charge in [-0.1, -0.05) is 0 Å². The highest BCUT2D eigenvalue weighted by atomic mass is 127. The van der Waals surface area contributed by atoms with Gasteiger partial charge in [-0.25, -0.2) is 0 Å². The Morgan fingerprint density at radius 3 is 2.50 bits per heavy atom. The minimum absolute atomic E-state index is 0.149. The molecule has 2 aromatic rings. The minimum Gasteiger partial charge on any atom is -0.451 e. The zero-order valence-corrected chi connectivity index (χ0v) is 15.9. The molecule has 132 valence electrons. The van der Waals surface area contributed by atoms with E-state index >= 15 is 0 Å². The number of benzene rings is 1. The smallest absolute Gasteiger partial charge is 0.293 e. The first-order valence-electron chi connectivity index (χ1n) is 7.13. The second kappa shape index (κ2) is 7.41. The number of furan rings is 1. The molecule has 0 unspecified atom stereocenters. The van der Waals surface area contributed by atoms with E-state index < -0.39 is 28.4 Å². The van der Waals surface area contributed by atoms with Crippen molar-refractivity contribution >= 4 is 63.0 Å². The number of hydrogen-bond acceptors (Lipinski definition) is 7. The summed E-state index contributed by atoms with van der Waals surface area (Å²) in [5, 5.41) is 10.1. The van der Waals surface area contributed by atoms with Crippen molar-refractivity contribution in [1.82, 2.24) is 4.90 Å². The normalized spacial score (nSPS) is 15.7. The van der Waals surface area contributed by atoms with Gasteiger partial charge in [0.25, 0.3) is 16.8 Å². The van der Waals surface area contributed by atoms with E-state index in [9.17, 15) is 24.5 Å². The van der Waals surface area contributed by atoms with Crippen LogP contribution in [-0.4, -0.2) is 33.3 Å². The third-order valence-electron chi connectivity index (χ3n) is 3.44. The fourth-order valence-corrected chi connectivity index (χ4v) is 3.43. The Morgan fingerprint density at radius 2 is 1.92 bits per heavy atom. The summed E-state index contributed by atoms with van der Waals surface area (Å²) in [5.41, 5.74) is 0.0305. The Morgan fingerprint density at radius 1 is 1.23 bits per heavy atom. The fourth-order valence-electron chi connectivity index (χ4n) is 2.18. The molecule has 1 aromatic carbocycles. The fraction of sp³-hybridized carbons (Fsp3) is 0.0625. The molecule has 10 heteroatoms. The zero-order valence-electron chi connectivity index (χ0n) is 12.9. The van der Waals surface area contributed by atoms with Gasteiger partial charge in [0.1, 0.15) is 5.76 Å². The molecule has 0 radical (unpaired) electrons. The number of halogens is 1. The Balaban J connectivity index is 1.74. The maximum atomic E-state index is 12.4. The lowest BCUT2D eigenvalue weighted by molar-refractivity contribution is -0.384. The first kappa shape index (κ1) is 18.3.